The summed E-state index contributed by atoms with van der Waals surface area (Å²) in [6.45, 7) is 5.99. The van der Waals surface area contributed by atoms with E-state index in [2.05, 4.69) is 0 Å². The normalized spacial score (nSPS) is 15.0. The second-order valence-electron chi connectivity index (χ2n) is 4.16. The molecule has 0 heterocycles. The summed E-state index contributed by atoms with van der Waals surface area (Å²) in [7, 11) is 0. The van der Waals surface area contributed by atoms with Gasteiger partial charge in [0, 0.05) is 12.3 Å². The van der Waals surface area contributed by atoms with E-state index >= 15 is 0 Å². The SMILES string of the molecule is CCCC(O)(Oc1ccccc1)C(C)C. The van der Waals surface area contributed by atoms with Crippen molar-refractivity contribution in [3.63, 3.8) is 0 Å². The molecule has 0 bridgehead atoms. The van der Waals surface area contributed by atoms with Gasteiger partial charge < -0.3 is 9.84 Å². The van der Waals surface area contributed by atoms with E-state index in [4.69, 9.17) is 4.74 Å². The van der Waals surface area contributed by atoms with Crippen LogP contribution in [0.2, 0.25) is 0 Å². The van der Waals surface area contributed by atoms with E-state index in [1.807, 2.05) is 51.1 Å². The van der Waals surface area contributed by atoms with Crippen molar-refractivity contribution >= 4 is 0 Å². The van der Waals surface area contributed by atoms with Crippen LogP contribution in [-0.4, -0.2) is 10.9 Å². The first-order valence-electron chi connectivity index (χ1n) is 5.55. The molecule has 15 heavy (non-hydrogen) atoms. The first-order valence-corrected chi connectivity index (χ1v) is 5.55. The second-order valence-corrected chi connectivity index (χ2v) is 4.16. The molecular formula is C13H20O2. The van der Waals surface area contributed by atoms with Crippen molar-refractivity contribution < 1.29 is 9.84 Å². The Balaban J connectivity index is 2.75. The lowest BCUT2D eigenvalue weighted by Gasteiger charge is -2.32. The van der Waals surface area contributed by atoms with Crippen LogP contribution in [0.5, 0.6) is 5.75 Å². The molecule has 1 unspecified atom stereocenters. The molecule has 0 amide bonds. The molecule has 0 aromatic heterocycles. The van der Waals surface area contributed by atoms with Gasteiger partial charge in [0.1, 0.15) is 5.75 Å². The van der Waals surface area contributed by atoms with Crippen molar-refractivity contribution in [1.82, 2.24) is 0 Å². The molecule has 84 valence electrons. The maximum Gasteiger partial charge on any atom is 0.210 e. The molecule has 2 nitrogen and oxygen atoms in total. The van der Waals surface area contributed by atoms with E-state index in [1.165, 1.54) is 0 Å². The maximum atomic E-state index is 10.3. The molecule has 1 atom stereocenters. The van der Waals surface area contributed by atoms with Gasteiger partial charge in [-0.05, 0) is 18.6 Å². The average Bonchev–Trinajstić information content (AvgIpc) is 2.19. The number of aliphatic hydroxyl groups is 1. The van der Waals surface area contributed by atoms with Crippen molar-refractivity contribution in [1.29, 1.82) is 0 Å². The molecule has 1 N–H and O–H groups in total. The molecule has 1 aromatic rings. The highest BCUT2D eigenvalue weighted by Crippen LogP contribution is 2.26. The van der Waals surface area contributed by atoms with Gasteiger partial charge in [0.25, 0.3) is 0 Å². The van der Waals surface area contributed by atoms with Gasteiger partial charge >= 0.3 is 0 Å². The fraction of sp³-hybridized carbons (Fsp3) is 0.538. The van der Waals surface area contributed by atoms with Crippen molar-refractivity contribution in [2.75, 3.05) is 0 Å². The number of para-hydroxylation sites is 1. The quantitative estimate of drug-likeness (QED) is 0.753. The van der Waals surface area contributed by atoms with Gasteiger partial charge in [-0.25, -0.2) is 0 Å². The molecule has 0 radical (unpaired) electrons. The Hall–Kier alpha value is -1.02. The highest BCUT2D eigenvalue weighted by Gasteiger charge is 2.32. The minimum atomic E-state index is -1.05. The molecule has 0 aliphatic carbocycles. The monoisotopic (exact) mass is 208 g/mol. The zero-order chi connectivity index (χ0) is 11.3. The first-order chi connectivity index (χ1) is 7.08. The number of benzene rings is 1. The van der Waals surface area contributed by atoms with E-state index in [9.17, 15) is 5.11 Å². The molecule has 0 fully saturated rings. The summed E-state index contributed by atoms with van der Waals surface area (Å²) in [5.41, 5.74) is 0. The Labute approximate surface area is 91.9 Å². The summed E-state index contributed by atoms with van der Waals surface area (Å²) < 4.78 is 5.66. The van der Waals surface area contributed by atoms with Crippen molar-refractivity contribution in [3.8, 4) is 5.75 Å². The molecule has 0 aliphatic heterocycles. The summed E-state index contributed by atoms with van der Waals surface area (Å²) in [6, 6.07) is 9.47. The van der Waals surface area contributed by atoms with Crippen LogP contribution in [0.4, 0.5) is 0 Å². The van der Waals surface area contributed by atoms with Gasteiger partial charge in [-0.1, -0.05) is 39.0 Å². The molecule has 0 saturated carbocycles. The van der Waals surface area contributed by atoms with E-state index < -0.39 is 5.79 Å². The average molecular weight is 208 g/mol. The molecular weight excluding hydrogens is 188 g/mol. The highest BCUT2D eigenvalue weighted by atomic mass is 16.6. The van der Waals surface area contributed by atoms with Crippen LogP contribution < -0.4 is 4.74 Å². The van der Waals surface area contributed by atoms with Gasteiger partial charge in [-0.15, -0.1) is 0 Å². The Morgan fingerprint density at radius 2 is 1.87 bits per heavy atom. The third-order valence-corrected chi connectivity index (χ3v) is 2.55. The second kappa shape index (κ2) is 5.17. The summed E-state index contributed by atoms with van der Waals surface area (Å²) in [4.78, 5) is 0. The van der Waals surface area contributed by atoms with Crippen LogP contribution in [0.25, 0.3) is 0 Å². The Morgan fingerprint density at radius 1 is 1.27 bits per heavy atom. The van der Waals surface area contributed by atoms with Gasteiger partial charge in [0.15, 0.2) is 0 Å². The van der Waals surface area contributed by atoms with Crippen LogP contribution in [-0.2, 0) is 0 Å². The van der Waals surface area contributed by atoms with Gasteiger partial charge in [0.2, 0.25) is 5.79 Å². The summed E-state index contributed by atoms with van der Waals surface area (Å²) >= 11 is 0. The van der Waals surface area contributed by atoms with Crippen LogP contribution in [0.1, 0.15) is 33.6 Å². The largest absolute Gasteiger partial charge is 0.462 e. The van der Waals surface area contributed by atoms with Gasteiger partial charge in [-0.3, -0.25) is 0 Å². The molecule has 1 aromatic carbocycles. The van der Waals surface area contributed by atoms with Crippen LogP contribution in [0, 0.1) is 5.92 Å². The predicted molar refractivity (Wildman–Crippen MR) is 61.8 cm³/mol. The van der Waals surface area contributed by atoms with E-state index in [-0.39, 0.29) is 5.92 Å². The van der Waals surface area contributed by atoms with Crippen molar-refractivity contribution in [2.24, 2.45) is 5.92 Å². The summed E-state index contributed by atoms with van der Waals surface area (Å²) in [5, 5.41) is 10.3. The Bertz CT molecular complexity index is 282. The molecule has 0 aliphatic rings. The lowest BCUT2D eigenvalue weighted by molar-refractivity contribution is -0.174. The van der Waals surface area contributed by atoms with E-state index in [0.29, 0.717) is 6.42 Å². The minimum absolute atomic E-state index is 0.0812. The highest BCUT2D eigenvalue weighted by molar-refractivity contribution is 5.21. The van der Waals surface area contributed by atoms with Crippen molar-refractivity contribution in [3.05, 3.63) is 30.3 Å². The summed E-state index contributed by atoms with van der Waals surface area (Å²) in [6.07, 6.45) is 1.56. The zero-order valence-corrected chi connectivity index (χ0v) is 9.73. The van der Waals surface area contributed by atoms with Crippen molar-refractivity contribution in [2.45, 2.75) is 39.4 Å². The minimum Gasteiger partial charge on any atom is -0.462 e. The van der Waals surface area contributed by atoms with Crippen LogP contribution >= 0.6 is 0 Å². The number of hydrogen-bond donors (Lipinski definition) is 1. The zero-order valence-electron chi connectivity index (χ0n) is 9.73. The smallest absolute Gasteiger partial charge is 0.210 e. The number of ether oxygens (including phenoxy) is 1. The van der Waals surface area contributed by atoms with Crippen LogP contribution in [0.3, 0.4) is 0 Å². The number of rotatable bonds is 5. The van der Waals surface area contributed by atoms with E-state index in [1.54, 1.807) is 0 Å². The fourth-order valence-electron chi connectivity index (χ4n) is 1.51. The standard InChI is InChI=1S/C13H20O2/c1-4-10-13(14,11(2)3)15-12-8-6-5-7-9-12/h5-9,11,14H,4,10H2,1-3H3. The Morgan fingerprint density at radius 3 is 2.33 bits per heavy atom. The van der Waals surface area contributed by atoms with Crippen LogP contribution in [0.15, 0.2) is 30.3 Å². The third-order valence-electron chi connectivity index (χ3n) is 2.55. The third kappa shape index (κ3) is 3.24. The van der Waals surface area contributed by atoms with Gasteiger partial charge in [-0.2, -0.15) is 0 Å². The lowest BCUT2D eigenvalue weighted by Crippen LogP contribution is -2.41. The predicted octanol–water partition coefficient (Wildman–Crippen LogP) is 3.21. The topological polar surface area (TPSA) is 29.5 Å². The Kier molecular flexibility index (Phi) is 4.15. The lowest BCUT2D eigenvalue weighted by atomic mass is 9.98. The maximum absolute atomic E-state index is 10.3. The molecule has 0 spiro atoms. The fourth-order valence-corrected chi connectivity index (χ4v) is 1.51. The van der Waals surface area contributed by atoms with Gasteiger partial charge in [0.05, 0.1) is 0 Å². The molecule has 2 heteroatoms. The number of hydrogen-bond acceptors (Lipinski definition) is 2. The molecule has 1 rings (SSSR count). The first kappa shape index (κ1) is 12.1. The van der Waals surface area contributed by atoms with E-state index in [0.717, 1.165) is 12.2 Å². The molecule has 0 saturated heterocycles. The summed E-state index contributed by atoms with van der Waals surface area (Å²) in [5.74, 6) is -0.240.